The van der Waals surface area contributed by atoms with Gasteiger partial charge in [-0.25, -0.2) is 0 Å². The van der Waals surface area contributed by atoms with Gasteiger partial charge in [-0.1, -0.05) is 48.4 Å². The highest BCUT2D eigenvalue weighted by atomic mass is 35.5. The van der Waals surface area contributed by atoms with Crippen LogP contribution in [0.4, 0.5) is 11.4 Å². The van der Waals surface area contributed by atoms with Crippen molar-refractivity contribution in [2.45, 2.75) is 32.7 Å². The predicted octanol–water partition coefficient (Wildman–Crippen LogP) is 5.18. The number of rotatable bonds is 6. The van der Waals surface area contributed by atoms with Crippen LogP contribution in [0.3, 0.4) is 0 Å². The Morgan fingerprint density at radius 3 is 2.38 bits per heavy atom. The summed E-state index contributed by atoms with van der Waals surface area (Å²) in [5, 5.41) is 13.1. The van der Waals surface area contributed by atoms with Crippen molar-refractivity contribution in [3.8, 4) is 6.07 Å². The smallest absolute Gasteiger partial charge is 0.101 e. The number of halogens is 1. The van der Waals surface area contributed by atoms with Crippen LogP contribution in [0.25, 0.3) is 0 Å². The highest BCUT2D eigenvalue weighted by Crippen LogP contribution is 2.24. The van der Waals surface area contributed by atoms with Crippen molar-refractivity contribution in [2.75, 3.05) is 56.0 Å². The lowest BCUT2D eigenvalue weighted by Gasteiger charge is -2.39. The summed E-state index contributed by atoms with van der Waals surface area (Å²) >= 11 is 12.1. The van der Waals surface area contributed by atoms with Gasteiger partial charge < -0.3 is 15.1 Å². The predicted molar refractivity (Wildman–Crippen MR) is 146 cm³/mol. The van der Waals surface area contributed by atoms with E-state index in [1.807, 2.05) is 12.1 Å². The molecule has 0 spiro atoms. The summed E-state index contributed by atoms with van der Waals surface area (Å²) in [4.78, 5) is 8.54. The molecular weight excluding hydrogens is 462 g/mol. The Morgan fingerprint density at radius 2 is 1.76 bits per heavy atom. The molecule has 2 aliphatic heterocycles. The van der Waals surface area contributed by atoms with Gasteiger partial charge in [-0.05, 0) is 50.1 Å². The van der Waals surface area contributed by atoms with Gasteiger partial charge >= 0.3 is 0 Å². The number of likely N-dealkylation sites (tertiary alicyclic amines) is 1. The van der Waals surface area contributed by atoms with E-state index in [9.17, 15) is 0 Å². The van der Waals surface area contributed by atoms with E-state index < -0.39 is 0 Å². The molecule has 0 bridgehead atoms. The van der Waals surface area contributed by atoms with Gasteiger partial charge in [0.25, 0.3) is 0 Å². The van der Waals surface area contributed by atoms with Crippen molar-refractivity contribution >= 4 is 40.2 Å². The Labute approximate surface area is 214 Å². The second-order valence-corrected chi connectivity index (χ2v) is 10.4. The van der Waals surface area contributed by atoms with Crippen LogP contribution in [0.5, 0.6) is 0 Å². The second kappa shape index (κ2) is 11.4. The molecule has 0 aromatic heterocycles. The van der Waals surface area contributed by atoms with Gasteiger partial charge in [0.2, 0.25) is 0 Å². The fraction of sp³-hybridized carbons (Fsp3) is 0.481. The fourth-order valence-corrected chi connectivity index (χ4v) is 5.38. The third-order valence-corrected chi connectivity index (χ3v) is 7.97. The van der Waals surface area contributed by atoms with E-state index in [2.05, 4.69) is 64.2 Å². The zero-order chi connectivity index (χ0) is 24.1. The third-order valence-electron chi connectivity index (χ3n) is 6.99. The highest BCUT2D eigenvalue weighted by Gasteiger charge is 2.26. The Morgan fingerprint density at radius 1 is 1.09 bits per heavy atom. The fourth-order valence-electron chi connectivity index (χ4n) is 4.90. The minimum Gasteiger partial charge on any atom is -0.382 e. The zero-order valence-corrected chi connectivity index (χ0v) is 21.7. The molecule has 1 atom stereocenters. The van der Waals surface area contributed by atoms with Crippen LogP contribution in [-0.2, 0) is 0 Å². The molecule has 1 unspecified atom stereocenters. The standard InChI is InChI=1S/C27H34ClN5S/c1-20-3-7-25(8-4-20)32-15-13-31(14-16-32)19-21(2)27(34)33-11-9-23(10-12-33)30-24-6-5-22(18-29)26(28)17-24/h3-8,17,21,23,30H,9-16,19H2,1-2H3. The topological polar surface area (TPSA) is 45.5 Å². The molecule has 34 heavy (non-hydrogen) atoms. The largest absolute Gasteiger partial charge is 0.382 e. The Balaban J connectivity index is 1.20. The SMILES string of the molecule is Cc1ccc(N2CCN(CC(C)C(=S)N3CCC(Nc4ccc(C#N)c(Cl)c4)CC3)CC2)cc1. The monoisotopic (exact) mass is 495 g/mol. The molecule has 2 fully saturated rings. The summed E-state index contributed by atoms with van der Waals surface area (Å²) in [5.74, 6) is 0.378. The number of piperazine rings is 1. The van der Waals surface area contributed by atoms with Gasteiger partial charge in [-0.3, -0.25) is 4.90 Å². The summed E-state index contributed by atoms with van der Waals surface area (Å²) in [7, 11) is 0. The molecule has 4 rings (SSSR count). The molecule has 2 aromatic carbocycles. The molecule has 1 N–H and O–H groups in total. The normalized spacial score (nSPS) is 18.4. The maximum Gasteiger partial charge on any atom is 0.101 e. The molecule has 2 heterocycles. The van der Waals surface area contributed by atoms with E-state index in [1.165, 1.54) is 11.3 Å². The first-order valence-electron chi connectivity index (χ1n) is 12.2. The van der Waals surface area contributed by atoms with E-state index in [0.717, 1.165) is 69.3 Å². The van der Waals surface area contributed by atoms with Gasteiger partial charge in [0.05, 0.1) is 15.6 Å². The van der Waals surface area contributed by atoms with E-state index >= 15 is 0 Å². The number of piperidine rings is 1. The summed E-state index contributed by atoms with van der Waals surface area (Å²) in [6.07, 6.45) is 2.08. The van der Waals surface area contributed by atoms with E-state index in [1.54, 1.807) is 6.07 Å². The molecule has 0 saturated carbocycles. The first kappa shape index (κ1) is 24.8. The first-order valence-corrected chi connectivity index (χ1v) is 13.0. The van der Waals surface area contributed by atoms with Crippen LogP contribution in [0.2, 0.25) is 5.02 Å². The number of hydrogen-bond donors (Lipinski definition) is 1. The van der Waals surface area contributed by atoms with Crippen LogP contribution in [0.15, 0.2) is 42.5 Å². The lowest BCUT2D eigenvalue weighted by atomic mass is 10.0. The molecule has 2 aromatic rings. The van der Waals surface area contributed by atoms with E-state index in [4.69, 9.17) is 29.1 Å². The van der Waals surface area contributed by atoms with Crippen LogP contribution >= 0.6 is 23.8 Å². The number of nitriles is 1. The number of anilines is 2. The number of nitrogens with one attached hydrogen (secondary N) is 1. The Hall–Kier alpha value is -2.33. The number of nitrogens with zero attached hydrogens (tertiary/aromatic N) is 4. The van der Waals surface area contributed by atoms with Gasteiger partial charge in [-0.2, -0.15) is 5.26 Å². The van der Waals surface area contributed by atoms with E-state index in [0.29, 0.717) is 22.5 Å². The molecule has 0 amide bonds. The first-order chi connectivity index (χ1) is 16.4. The van der Waals surface area contributed by atoms with E-state index in [-0.39, 0.29) is 0 Å². The molecule has 2 saturated heterocycles. The zero-order valence-electron chi connectivity index (χ0n) is 20.1. The van der Waals surface area contributed by atoms with Gasteiger partial charge in [0.1, 0.15) is 6.07 Å². The molecule has 5 nitrogen and oxygen atoms in total. The number of benzene rings is 2. The molecular formula is C27H34ClN5S. The molecule has 2 aliphatic rings. The molecule has 0 radical (unpaired) electrons. The summed E-state index contributed by atoms with van der Waals surface area (Å²) < 4.78 is 0. The quantitative estimate of drug-likeness (QED) is 0.557. The van der Waals surface area contributed by atoms with Crippen LogP contribution in [0, 0.1) is 24.2 Å². The number of thiocarbonyl (C=S) groups is 1. The maximum absolute atomic E-state index is 9.05. The molecule has 7 heteroatoms. The van der Waals surface area contributed by atoms with Crippen LogP contribution < -0.4 is 10.2 Å². The van der Waals surface area contributed by atoms with Gasteiger partial charge in [-0.15, -0.1) is 0 Å². The minimum absolute atomic E-state index is 0.378. The number of hydrogen-bond acceptors (Lipinski definition) is 5. The third kappa shape index (κ3) is 6.21. The van der Waals surface area contributed by atoms with Crippen LogP contribution in [-0.4, -0.2) is 66.6 Å². The minimum atomic E-state index is 0.378. The van der Waals surface area contributed by atoms with Crippen molar-refractivity contribution in [1.29, 1.82) is 5.26 Å². The van der Waals surface area contributed by atoms with Crippen molar-refractivity contribution in [1.82, 2.24) is 9.80 Å². The lowest BCUT2D eigenvalue weighted by Crippen LogP contribution is -2.50. The molecule has 0 aliphatic carbocycles. The Bertz CT molecular complexity index is 1020. The van der Waals surface area contributed by atoms with Gasteiger partial charge in [0, 0.05) is 69.1 Å². The average Bonchev–Trinajstić information content (AvgIpc) is 2.85. The number of aryl methyl sites for hydroxylation is 1. The Kier molecular flexibility index (Phi) is 8.31. The summed E-state index contributed by atoms with van der Waals surface area (Å²) in [5.41, 5.74) is 4.12. The highest BCUT2D eigenvalue weighted by molar-refractivity contribution is 7.80. The second-order valence-electron chi connectivity index (χ2n) is 9.57. The van der Waals surface area contributed by atoms with Crippen molar-refractivity contribution in [2.24, 2.45) is 5.92 Å². The summed E-state index contributed by atoms with van der Waals surface area (Å²) in [6, 6.07) is 16.9. The van der Waals surface area contributed by atoms with Crippen LogP contribution in [0.1, 0.15) is 30.9 Å². The maximum atomic E-state index is 9.05. The summed E-state index contributed by atoms with van der Waals surface area (Å²) in [6.45, 7) is 11.7. The average molecular weight is 496 g/mol. The van der Waals surface area contributed by atoms with Crippen molar-refractivity contribution in [3.63, 3.8) is 0 Å². The molecule has 180 valence electrons. The van der Waals surface area contributed by atoms with Crippen molar-refractivity contribution < 1.29 is 0 Å². The van der Waals surface area contributed by atoms with Gasteiger partial charge in [0.15, 0.2) is 0 Å². The van der Waals surface area contributed by atoms with Crippen molar-refractivity contribution in [3.05, 3.63) is 58.6 Å². The lowest BCUT2D eigenvalue weighted by molar-refractivity contribution is 0.235.